The fourth-order valence-corrected chi connectivity index (χ4v) is 4.48. The predicted octanol–water partition coefficient (Wildman–Crippen LogP) is -1.64. The molecule has 0 spiro atoms. The predicted molar refractivity (Wildman–Crippen MR) is 113 cm³/mol. The molecule has 1 aliphatic heterocycles. The van der Waals surface area contributed by atoms with Gasteiger partial charge in [-0.1, -0.05) is 18.2 Å². The van der Waals surface area contributed by atoms with Crippen molar-refractivity contribution in [1.29, 1.82) is 0 Å². The number of piperazine rings is 1. The van der Waals surface area contributed by atoms with E-state index in [4.69, 9.17) is 4.74 Å². The largest absolute Gasteiger partial charge is 0.383 e. The number of H-pyrrole nitrogens is 1. The highest BCUT2D eigenvalue weighted by Crippen LogP contribution is 2.20. The Bertz CT molecular complexity index is 1050. The maximum Gasteiger partial charge on any atom is 0.258 e. The Morgan fingerprint density at radius 2 is 2.07 bits per heavy atom. The number of nitrogens with one attached hydrogen (secondary N) is 3. The summed E-state index contributed by atoms with van der Waals surface area (Å²) in [7, 11) is 1.66. The van der Waals surface area contributed by atoms with Gasteiger partial charge in [0.05, 0.1) is 30.8 Å². The van der Waals surface area contributed by atoms with Crippen molar-refractivity contribution in [3.63, 3.8) is 0 Å². The Labute approximate surface area is 175 Å². The highest BCUT2D eigenvalue weighted by molar-refractivity contribution is 5.82. The number of hydrogen-bond acceptors (Lipinski definition) is 5. The minimum atomic E-state index is -0.219. The number of likely N-dealkylation sites (N-methyl/N-ethyl adjacent to an activating group) is 1. The number of nitrogens with zero attached hydrogens (tertiary/aromatic N) is 4. The van der Waals surface area contributed by atoms with Crippen molar-refractivity contribution in [3.05, 3.63) is 51.6 Å². The summed E-state index contributed by atoms with van der Waals surface area (Å²) in [5.74, 6) is 0.722. The Kier molecular flexibility index (Phi) is 6.21. The second-order valence-electron chi connectivity index (χ2n) is 8.04. The minimum Gasteiger partial charge on any atom is -0.383 e. The molecule has 0 amide bonds. The summed E-state index contributed by atoms with van der Waals surface area (Å²) in [4.78, 5) is 19.3. The van der Waals surface area contributed by atoms with Gasteiger partial charge in [-0.25, -0.2) is 4.68 Å². The van der Waals surface area contributed by atoms with Gasteiger partial charge in [0.25, 0.3) is 5.56 Å². The van der Waals surface area contributed by atoms with Gasteiger partial charge in [0.2, 0.25) is 5.82 Å². The molecule has 3 heterocycles. The van der Waals surface area contributed by atoms with Crippen LogP contribution in [0.3, 0.4) is 0 Å². The molecule has 0 bridgehead atoms. The van der Waals surface area contributed by atoms with Gasteiger partial charge in [0.1, 0.15) is 26.2 Å². The zero-order chi connectivity index (χ0) is 21.1. The van der Waals surface area contributed by atoms with E-state index in [2.05, 4.69) is 27.4 Å². The van der Waals surface area contributed by atoms with Crippen molar-refractivity contribution < 1.29 is 14.5 Å². The number of pyridine rings is 1. The lowest BCUT2D eigenvalue weighted by Crippen LogP contribution is -3.28. The minimum absolute atomic E-state index is 0.0686. The van der Waals surface area contributed by atoms with Gasteiger partial charge in [-0.3, -0.25) is 4.79 Å². The van der Waals surface area contributed by atoms with Crippen LogP contribution in [-0.4, -0.2) is 71.6 Å². The highest BCUT2D eigenvalue weighted by atomic mass is 16.5. The van der Waals surface area contributed by atoms with Gasteiger partial charge in [-0.05, 0) is 41.3 Å². The first-order valence-electron chi connectivity index (χ1n) is 10.7. The zero-order valence-electron chi connectivity index (χ0n) is 17.9. The van der Waals surface area contributed by atoms with E-state index in [1.54, 1.807) is 16.7 Å². The van der Waals surface area contributed by atoms with Crippen molar-refractivity contribution in [2.75, 3.05) is 46.4 Å². The fraction of sp³-hybridized carbons (Fsp3) is 0.524. The molecule has 1 aromatic carbocycles. The smallest absolute Gasteiger partial charge is 0.258 e. The fourth-order valence-electron chi connectivity index (χ4n) is 4.48. The average molecular weight is 414 g/mol. The molecule has 1 saturated heterocycles. The van der Waals surface area contributed by atoms with Crippen molar-refractivity contribution >= 4 is 10.9 Å². The van der Waals surface area contributed by atoms with Gasteiger partial charge < -0.3 is 19.5 Å². The number of hydrogen-bond donors (Lipinski definition) is 3. The van der Waals surface area contributed by atoms with Crippen molar-refractivity contribution in [1.82, 2.24) is 25.2 Å². The third-order valence-corrected chi connectivity index (χ3v) is 6.26. The van der Waals surface area contributed by atoms with E-state index in [-0.39, 0.29) is 11.6 Å². The molecular weight excluding hydrogens is 382 g/mol. The molecule has 0 unspecified atom stereocenters. The van der Waals surface area contributed by atoms with E-state index in [0.717, 1.165) is 60.6 Å². The lowest BCUT2D eigenvalue weighted by molar-refractivity contribution is -1.02. The van der Waals surface area contributed by atoms with Gasteiger partial charge in [-0.2, -0.15) is 0 Å². The monoisotopic (exact) mass is 413 g/mol. The van der Waals surface area contributed by atoms with Crippen LogP contribution in [0.5, 0.6) is 0 Å². The molecule has 9 nitrogen and oxygen atoms in total. The molecule has 2 aromatic heterocycles. The maximum atomic E-state index is 13.2. The van der Waals surface area contributed by atoms with E-state index in [0.29, 0.717) is 13.2 Å². The first kappa shape index (κ1) is 20.6. The van der Waals surface area contributed by atoms with E-state index >= 15 is 0 Å². The standard InChI is InChI=1S/C21H29N7O2/c1-4-26-8-10-27(11-9-26)19(20-23-24-25-28(20)12-13-30-3)17-14-16-7-5-6-15(2)18(16)22-21(17)29/h5-7,14,19H,4,8-13H2,1-3H3,(H,22,29)/p+2/t19-/m0/s1. The summed E-state index contributed by atoms with van der Waals surface area (Å²) in [5, 5.41) is 13.5. The van der Waals surface area contributed by atoms with E-state index in [1.165, 1.54) is 4.90 Å². The molecule has 9 heteroatoms. The number of tetrazole rings is 1. The van der Waals surface area contributed by atoms with Gasteiger partial charge >= 0.3 is 0 Å². The van der Waals surface area contributed by atoms with Crippen LogP contribution < -0.4 is 15.4 Å². The Hall–Kier alpha value is -2.62. The van der Waals surface area contributed by atoms with Crippen molar-refractivity contribution in [3.8, 4) is 0 Å². The number of fused-ring (bicyclic) bond motifs is 1. The molecule has 30 heavy (non-hydrogen) atoms. The third kappa shape index (κ3) is 4.00. The van der Waals surface area contributed by atoms with E-state index in [9.17, 15) is 4.79 Å². The number of methoxy groups -OCH3 is 1. The average Bonchev–Trinajstić information content (AvgIpc) is 3.22. The number of rotatable bonds is 7. The molecule has 1 atom stereocenters. The lowest BCUT2D eigenvalue weighted by Gasteiger charge is -2.33. The van der Waals surface area contributed by atoms with Crippen LogP contribution in [0.2, 0.25) is 0 Å². The topological polar surface area (TPSA) is 94.6 Å². The third-order valence-electron chi connectivity index (χ3n) is 6.26. The summed E-state index contributed by atoms with van der Waals surface area (Å²) >= 11 is 0. The first-order valence-corrected chi connectivity index (χ1v) is 10.7. The number of benzene rings is 1. The first-order chi connectivity index (χ1) is 14.6. The molecular formula is C21H31N7O2+2. The summed E-state index contributed by atoms with van der Waals surface area (Å²) in [6.07, 6.45) is 0. The van der Waals surface area contributed by atoms with Crippen LogP contribution in [0.1, 0.15) is 29.9 Å². The zero-order valence-corrected chi connectivity index (χ0v) is 17.9. The molecule has 0 radical (unpaired) electrons. The quantitative estimate of drug-likeness (QED) is 0.432. The number of para-hydroxylation sites is 1. The van der Waals surface area contributed by atoms with Crippen molar-refractivity contribution in [2.24, 2.45) is 0 Å². The highest BCUT2D eigenvalue weighted by Gasteiger charge is 2.37. The van der Waals surface area contributed by atoms with Crippen LogP contribution in [0.4, 0.5) is 0 Å². The lowest BCUT2D eigenvalue weighted by atomic mass is 10.0. The number of ether oxygens (including phenoxy) is 1. The number of aromatic nitrogens is 5. The van der Waals surface area contributed by atoms with Gasteiger partial charge in [0.15, 0.2) is 6.04 Å². The molecule has 4 rings (SSSR count). The summed E-state index contributed by atoms with van der Waals surface area (Å²) in [6, 6.07) is 7.88. The second-order valence-corrected chi connectivity index (χ2v) is 8.04. The second kappa shape index (κ2) is 9.03. The summed E-state index contributed by atoms with van der Waals surface area (Å²) in [5.41, 5.74) is 2.60. The van der Waals surface area contributed by atoms with Crippen LogP contribution >= 0.6 is 0 Å². The van der Waals surface area contributed by atoms with Gasteiger partial charge in [-0.15, -0.1) is 5.10 Å². The SMILES string of the molecule is CC[NH+]1CC[NH+]([C@@H](c2cc3cccc(C)c3[nH]c2=O)c2nnnn2CCOC)CC1. The van der Waals surface area contributed by atoms with E-state index < -0.39 is 0 Å². The number of aromatic amines is 1. The van der Waals surface area contributed by atoms with Crippen LogP contribution in [0.15, 0.2) is 29.1 Å². The molecule has 0 saturated carbocycles. The number of aryl methyl sites for hydroxylation is 1. The molecule has 1 aliphatic rings. The molecule has 1 fully saturated rings. The molecule has 160 valence electrons. The molecule has 3 aromatic rings. The van der Waals surface area contributed by atoms with Crippen LogP contribution in [0, 0.1) is 6.92 Å². The van der Waals surface area contributed by atoms with Crippen LogP contribution in [0.25, 0.3) is 10.9 Å². The van der Waals surface area contributed by atoms with Gasteiger partial charge in [0, 0.05) is 7.11 Å². The normalized spacial score (nSPS) is 20.5. The Morgan fingerprint density at radius 3 is 2.80 bits per heavy atom. The Morgan fingerprint density at radius 1 is 1.27 bits per heavy atom. The van der Waals surface area contributed by atoms with Crippen molar-refractivity contribution in [2.45, 2.75) is 26.4 Å². The summed E-state index contributed by atoms with van der Waals surface area (Å²) in [6.45, 7) is 10.5. The molecule has 3 N–H and O–H groups in total. The maximum absolute atomic E-state index is 13.2. The molecule has 0 aliphatic carbocycles. The van der Waals surface area contributed by atoms with Crippen LogP contribution in [-0.2, 0) is 11.3 Å². The summed E-state index contributed by atoms with van der Waals surface area (Å²) < 4.78 is 7.01. The number of quaternary nitrogens is 2. The Balaban J connectivity index is 1.80. The van der Waals surface area contributed by atoms with E-state index in [1.807, 2.05) is 31.2 Å².